The van der Waals surface area contributed by atoms with E-state index in [1.54, 1.807) is 12.0 Å². The number of nitrogens with zero attached hydrogens (tertiary/aromatic N) is 1. The lowest BCUT2D eigenvalue weighted by Gasteiger charge is -2.27. The molecule has 27 heavy (non-hydrogen) atoms. The minimum atomic E-state index is -0.229. The molecule has 6 nitrogen and oxygen atoms in total. The number of carbonyl (C=O) groups excluding carboxylic acids is 2. The van der Waals surface area contributed by atoms with Crippen molar-refractivity contribution in [1.29, 1.82) is 0 Å². The lowest BCUT2D eigenvalue weighted by Crippen LogP contribution is -2.35. The molecule has 0 spiro atoms. The van der Waals surface area contributed by atoms with Gasteiger partial charge in [-0.05, 0) is 49.2 Å². The number of piperidine rings is 1. The van der Waals surface area contributed by atoms with E-state index in [2.05, 4.69) is 10.3 Å². The molecule has 1 aliphatic rings. The van der Waals surface area contributed by atoms with E-state index in [1.165, 1.54) is 0 Å². The van der Waals surface area contributed by atoms with Gasteiger partial charge >= 0.3 is 0 Å². The zero-order valence-corrected chi connectivity index (χ0v) is 15.1. The van der Waals surface area contributed by atoms with E-state index in [0.29, 0.717) is 17.8 Å². The highest BCUT2D eigenvalue weighted by molar-refractivity contribution is 6.06. The number of hydrogen-bond acceptors (Lipinski definition) is 3. The molecule has 2 heterocycles. The molecule has 4 rings (SSSR count). The highest BCUT2D eigenvalue weighted by atomic mass is 16.5. The molecule has 0 radical (unpaired) electrons. The summed E-state index contributed by atoms with van der Waals surface area (Å²) >= 11 is 0. The van der Waals surface area contributed by atoms with Crippen LogP contribution in [0.25, 0.3) is 10.9 Å². The maximum Gasteiger partial charge on any atom is 0.272 e. The molecule has 1 saturated heterocycles. The van der Waals surface area contributed by atoms with Crippen LogP contribution in [0.3, 0.4) is 0 Å². The topological polar surface area (TPSA) is 74.4 Å². The zero-order chi connectivity index (χ0) is 18.8. The van der Waals surface area contributed by atoms with Crippen molar-refractivity contribution < 1.29 is 14.3 Å². The number of nitrogens with one attached hydrogen (secondary N) is 2. The Balaban J connectivity index is 1.54. The third-order valence-corrected chi connectivity index (χ3v) is 4.81. The number of aromatic amines is 1. The van der Waals surface area contributed by atoms with Crippen LogP contribution in [-0.2, 0) is 4.79 Å². The molecule has 2 N–H and O–H groups in total. The van der Waals surface area contributed by atoms with Crippen molar-refractivity contribution in [3.8, 4) is 5.75 Å². The second-order valence-corrected chi connectivity index (χ2v) is 6.64. The lowest BCUT2D eigenvalue weighted by molar-refractivity contribution is -0.119. The Hall–Kier alpha value is -3.28. The van der Waals surface area contributed by atoms with Gasteiger partial charge in [0.15, 0.2) is 0 Å². The van der Waals surface area contributed by atoms with Crippen LogP contribution in [0, 0.1) is 0 Å². The molecule has 0 saturated carbocycles. The smallest absolute Gasteiger partial charge is 0.272 e. The summed E-state index contributed by atoms with van der Waals surface area (Å²) in [5, 5.41) is 3.84. The second kappa shape index (κ2) is 7.15. The molecular formula is C21H21N3O3. The zero-order valence-electron chi connectivity index (χ0n) is 15.1. The molecule has 1 aromatic heterocycles. The average molecular weight is 363 g/mol. The largest absolute Gasteiger partial charge is 0.497 e. The molecule has 0 unspecified atom stereocenters. The van der Waals surface area contributed by atoms with Crippen molar-refractivity contribution >= 4 is 34.1 Å². The van der Waals surface area contributed by atoms with Crippen LogP contribution in [0.15, 0.2) is 48.5 Å². The molecule has 2 aromatic carbocycles. The minimum Gasteiger partial charge on any atom is -0.497 e. The standard InChI is InChI=1S/C21H21N3O3/c1-27-17-9-8-14-11-19(23-18(14)13-17)21(26)22-15-5-4-6-16(12-15)24-10-3-2-7-20(24)25/h4-6,8-9,11-13,23H,2-3,7,10H2,1H3,(H,22,26). The first kappa shape index (κ1) is 17.1. The minimum absolute atomic E-state index is 0.134. The van der Waals surface area contributed by atoms with Crippen LogP contribution in [0.2, 0.25) is 0 Å². The maximum atomic E-state index is 12.6. The average Bonchev–Trinajstić information content (AvgIpc) is 3.12. The van der Waals surface area contributed by atoms with E-state index < -0.39 is 0 Å². The number of aromatic nitrogens is 1. The molecule has 1 fully saturated rings. The first-order valence-corrected chi connectivity index (χ1v) is 9.02. The fourth-order valence-electron chi connectivity index (χ4n) is 3.38. The molecule has 0 aliphatic carbocycles. The van der Waals surface area contributed by atoms with E-state index in [0.717, 1.165) is 41.7 Å². The second-order valence-electron chi connectivity index (χ2n) is 6.64. The number of anilines is 2. The Morgan fingerprint density at radius 1 is 1.15 bits per heavy atom. The number of carbonyl (C=O) groups is 2. The van der Waals surface area contributed by atoms with Crippen molar-refractivity contribution in [2.24, 2.45) is 0 Å². The summed E-state index contributed by atoms with van der Waals surface area (Å²) in [5.74, 6) is 0.636. The van der Waals surface area contributed by atoms with E-state index in [-0.39, 0.29) is 11.8 Å². The quantitative estimate of drug-likeness (QED) is 0.737. The summed E-state index contributed by atoms with van der Waals surface area (Å²) in [6, 6.07) is 14.8. The highest BCUT2D eigenvalue weighted by Gasteiger charge is 2.20. The van der Waals surface area contributed by atoms with E-state index in [4.69, 9.17) is 4.74 Å². The van der Waals surface area contributed by atoms with Gasteiger partial charge in [-0.25, -0.2) is 0 Å². The van der Waals surface area contributed by atoms with Crippen molar-refractivity contribution in [2.75, 3.05) is 23.9 Å². The van der Waals surface area contributed by atoms with Gasteiger partial charge in [0.25, 0.3) is 5.91 Å². The molecule has 2 amide bonds. The molecule has 3 aromatic rings. The van der Waals surface area contributed by atoms with Crippen molar-refractivity contribution in [1.82, 2.24) is 4.98 Å². The monoisotopic (exact) mass is 363 g/mol. The molecular weight excluding hydrogens is 342 g/mol. The fourth-order valence-corrected chi connectivity index (χ4v) is 3.38. The fraction of sp³-hybridized carbons (Fsp3) is 0.238. The number of benzene rings is 2. The molecule has 0 atom stereocenters. The van der Waals surface area contributed by atoms with Crippen LogP contribution in [0.4, 0.5) is 11.4 Å². The summed E-state index contributed by atoms with van der Waals surface area (Å²) in [6.45, 7) is 0.722. The molecule has 1 aliphatic heterocycles. The Kier molecular flexibility index (Phi) is 4.54. The number of H-pyrrole nitrogens is 1. The van der Waals surface area contributed by atoms with Crippen molar-refractivity contribution in [2.45, 2.75) is 19.3 Å². The van der Waals surface area contributed by atoms with E-state index in [9.17, 15) is 9.59 Å². The Morgan fingerprint density at radius 3 is 2.85 bits per heavy atom. The van der Waals surface area contributed by atoms with Gasteiger partial charge in [0, 0.05) is 41.3 Å². The summed E-state index contributed by atoms with van der Waals surface area (Å²) in [6.07, 6.45) is 2.52. The van der Waals surface area contributed by atoms with Gasteiger partial charge in [-0.3, -0.25) is 9.59 Å². The Bertz CT molecular complexity index is 1010. The summed E-state index contributed by atoms with van der Waals surface area (Å²) in [4.78, 5) is 29.7. The van der Waals surface area contributed by atoms with Gasteiger partial charge in [0.05, 0.1) is 7.11 Å². The Morgan fingerprint density at radius 2 is 2.04 bits per heavy atom. The summed E-state index contributed by atoms with van der Waals surface area (Å²) in [7, 11) is 1.61. The predicted octanol–water partition coefficient (Wildman–Crippen LogP) is 3.95. The van der Waals surface area contributed by atoms with Gasteiger partial charge in [-0.15, -0.1) is 0 Å². The number of rotatable bonds is 4. The van der Waals surface area contributed by atoms with Gasteiger partial charge in [-0.1, -0.05) is 6.07 Å². The number of hydrogen-bond donors (Lipinski definition) is 2. The van der Waals surface area contributed by atoms with Crippen LogP contribution < -0.4 is 15.0 Å². The third kappa shape index (κ3) is 3.51. The van der Waals surface area contributed by atoms with Crippen molar-refractivity contribution in [3.63, 3.8) is 0 Å². The van der Waals surface area contributed by atoms with Crippen LogP contribution in [-0.4, -0.2) is 30.5 Å². The lowest BCUT2D eigenvalue weighted by atomic mass is 10.1. The van der Waals surface area contributed by atoms with E-state index in [1.807, 2.05) is 48.5 Å². The SMILES string of the molecule is COc1ccc2cc(C(=O)Nc3cccc(N4CCCCC4=O)c3)[nH]c2c1. The number of ether oxygens (including phenoxy) is 1. The van der Waals surface area contributed by atoms with Crippen LogP contribution >= 0.6 is 0 Å². The normalized spacial score (nSPS) is 14.4. The maximum absolute atomic E-state index is 12.6. The number of fused-ring (bicyclic) bond motifs is 1. The number of methoxy groups -OCH3 is 1. The summed E-state index contributed by atoms with van der Waals surface area (Å²) < 4.78 is 5.21. The van der Waals surface area contributed by atoms with Gasteiger partial charge in [0.1, 0.15) is 11.4 Å². The van der Waals surface area contributed by atoms with Gasteiger partial charge < -0.3 is 19.9 Å². The third-order valence-electron chi connectivity index (χ3n) is 4.81. The first-order chi connectivity index (χ1) is 13.1. The van der Waals surface area contributed by atoms with Crippen LogP contribution in [0.5, 0.6) is 5.75 Å². The van der Waals surface area contributed by atoms with Crippen molar-refractivity contribution in [3.05, 3.63) is 54.2 Å². The Labute approximate surface area is 157 Å². The molecule has 6 heteroatoms. The molecule has 0 bridgehead atoms. The van der Waals surface area contributed by atoms with E-state index >= 15 is 0 Å². The van der Waals surface area contributed by atoms with Crippen LogP contribution in [0.1, 0.15) is 29.8 Å². The summed E-state index contributed by atoms with van der Waals surface area (Å²) in [5.41, 5.74) is 2.79. The first-order valence-electron chi connectivity index (χ1n) is 9.02. The number of amides is 2. The highest BCUT2D eigenvalue weighted by Crippen LogP contribution is 2.25. The van der Waals surface area contributed by atoms with Gasteiger partial charge in [-0.2, -0.15) is 0 Å². The molecule has 138 valence electrons. The van der Waals surface area contributed by atoms with Gasteiger partial charge in [0.2, 0.25) is 5.91 Å². The predicted molar refractivity (Wildman–Crippen MR) is 105 cm³/mol.